The summed E-state index contributed by atoms with van der Waals surface area (Å²) in [5.41, 5.74) is 0. The largest absolute Gasteiger partial charge is 0.301 e. The number of carbonyl (C=O) groups is 2. The molecule has 2 N–H and O–H groups in total. The van der Waals surface area contributed by atoms with E-state index in [-0.39, 0.29) is 21.2 Å². The lowest BCUT2D eigenvalue weighted by atomic mass is 10.3. The van der Waals surface area contributed by atoms with Gasteiger partial charge < -0.3 is 5.32 Å². The SMILES string of the molecule is CC(=O)Nc1nnc(S(=O)(=O)NC(C)C(C)=O)s1. The molecule has 0 aliphatic heterocycles. The van der Waals surface area contributed by atoms with Gasteiger partial charge in [-0.1, -0.05) is 11.3 Å². The molecule has 0 fully saturated rings. The third kappa shape index (κ3) is 3.82. The van der Waals surface area contributed by atoms with Gasteiger partial charge in [-0.3, -0.25) is 9.59 Å². The zero-order chi connectivity index (χ0) is 13.9. The molecular weight excluding hydrogens is 280 g/mol. The Labute approximate surface area is 108 Å². The van der Waals surface area contributed by atoms with Crippen molar-refractivity contribution >= 4 is 38.2 Å². The highest BCUT2D eigenvalue weighted by Crippen LogP contribution is 2.19. The van der Waals surface area contributed by atoms with Crippen molar-refractivity contribution in [3.8, 4) is 0 Å². The van der Waals surface area contributed by atoms with E-state index in [1.807, 2.05) is 0 Å². The van der Waals surface area contributed by atoms with E-state index in [9.17, 15) is 18.0 Å². The molecule has 0 aliphatic carbocycles. The maximum absolute atomic E-state index is 11.8. The van der Waals surface area contributed by atoms with Crippen LogP contribution in [0.2, 0.25) is 0 Å². The molecule has 0 saturated heterocycles. The summed E-state index contributed by atoms with van der Waals surface area (Å²) in [5, 5.41) is 9.35. The fourth-order valence-electron chi connectivity index (χ4n) is 0.886. The predicted octanol–water partition coefficient (Wildman–Crippen LogP) is -0.248. The van der Waals surface area contributed by atoms with Crippen molar-refractivity contribution in [3.63, 3.8) is 0 Å². The fourth-order valence-corrected chi connectivity index (χ4v) is 3.11. The summed E-state index contributed by atoms with van der Waals surface area (Å²) in [6, 6.07) is -0.844. The first-order chi connectivity index (χ1) is 8.22. The molecule has 18 heavy (non-hydrogen) atoms. The van der Waals surface area contributed by atoms with E-state index >= 15 is 0 Å². The molecule has 1 amide bonds. The lowest BCUT2D eigenvalue weighted by Crippen LogP contribution is -2.37. The number of anilines is 1. The summed E-state index contributed by atoms with van der Waals surface area (Å²) < 4.78 is 25.4. The Kier molecular flexibility index (Phi) is 4.48. The van der Waals surface area contributed by atoms with E-state index in [1.165, 1.54) is 20.8 Å². The van der Waals surface area contributed by atoms with Crippen LogP contribution in [0.4, 0.5) is 5.13 Å². The van der Waals surface area contributed by atoms with Crippen molar-refractivity contribution in [2.75, 3.05) is 5.32 Å². The fraction of sp³-hybridized carbons (Fsp3) is 0.500. The molecule has 0 radical (unpaired) electrons. The van der Waals surface area contributed by atoms with Gasteiger partial charge in [0.2, 0.25) is 15.4 Å². The number of sulfonamides is 1. The van der Waals surface area contributed by atoms with Gasteiger partial charge >= 0.3 is 0 Å². The number of hydrogen-bond acceptors (Lipinski definition) is 7. The minimum atomic E-state index is -3.90. The van der Waals surface area contributed by atoms with Crippen LogP contribution in [-0.4, -0.2) is 36.3 Å². The van der Waals surface area contributed by atoms with Crippen LogP contribution in [-0.2, 0) is 19.6 Å². The van der Waals surface area contributed by atoms with Gasteiger partial charge in [-0.05, 0) is 13.8 Å². The van der Waals surface area contributed by atoms with Gasteiger partial charge in [0.1, 0.15) is 5.78 Å². The summed E-state index contributed by atoms with van der Waals surface area (Å²) in [6.45, 7) is 3.97. The van der Waals surface area contributed by atoms with Crippen LogP contribution in [0.15, 0.2) is 4.34 Å². The number of rotatable bonds is 5. The maximum atomic E-state index is 11.8. The first-order valence-corrected chi connectivity index (χ1v) is 7.16. The van der Waals surface area contributed by atoms with Crippen LogP contribution in [0.1, 0.15) is 20.8 Å². The summed E-state index contributed by atoms with van der Waals surface area (Å²) >= 11 is 0.706. The van der Waals surface area contributed by atoms with Gasteiger partial charge in [-0.2, -0.15) is 4.72 Å². The molecule has 0 aliphatic rings. The summed E-state index contributed by atoms with van der Waals surface area (Å²) in [5.74, 6) is -0.690. The monoisotopic (exact) mass is 292 g/mol. The Morgan fingerprint density at radius 3 is 2.39 bits per heavy atom. The number of hydrogen-bond donors (Lipinski definition) is 2. The number of amides is 1. The number of nitrogens with one attached hydrogen (secondary N) is 2. The summed E-state index contributed by atoms with van der Waals surface area (Å²) in [6.07, 6.45) is 0. The highest BCUT2D eigenvalue weighted by atomic mass is 32.2. The highest BCUT2D eigenvalue weighted by molar-refractivity contribution is 7.91. The lowest BCUT2D eigenvalue weighted by Gasteiger charge is -2.08. The molecule has 1 atom stereocenters. The highest BCUT2D eigenvalue weighted by Gasteiger charge is 2.24. The van der Waals surface area contributed by atoms with Crippen molar-refractivity contribution in [1.82, 2.24) is 14.9 Å². The van der Waals surface area contributed by atoms with Gasteiger partial charge in [-0.25, -0.2) is 8.42 Å². The molecule has 0 bridgehead atoms. The normalized spacial score (nSPS) is 13.1. The van der Waals surface area contributed by atoms with Crippen LogP contribution >= 0.6 is 11.3 Å². The van der Waals surface area contributed by atoms with E-state index in [1.54, 1.807) is 0 Å². The third-order valence-corrected chi connectivity index (χ3v) is 4.61. The second kappa shape index (κ2) is 5.50. The van der Waals surface area contributed by atoms with Crippen molar-refractivity contribution in [2.45, 2.75) is 31.2 Å². The summed E-state index contributed by atoms with van der Waals surface area (Å²) in [4.78, 5) is 21.7. The standard InChI is InChI=1S/C8H12N4O4S2/c1-4(5(2)13)12-18(15,16)8-11-10-7(17-8)9-6(3)14/h4,12H,1-3H3,(H,9,10,14). The molecule has 1 heterocycles. The van der Waals surface area contributed by atoms with Gasteiger partial charge in [-0.15, -0.1) is 10.2 Å². The van der Waals surface area contributed by atoms with E-state index in [2.05, 4.69) is 20.2 Å². The molecular formula is C8H12N4O4S2. The second-order valence-electron chi connectivity index (χ2n) is 3.51. The first-order valence-electron chi connectivity index (χ1n) is 4.86. The number of Topliss-reactive ketones (excluding diaryl/α,β-unsaturated/α-hetero) is 1. The van der Waals surface area contributed by atoms with Crippen LogP contribution in [0.25, 0.3) is 0 Å². The number of aromatic nitrogens is 2. The maximum Gasteiger partial charge on any atom is 0.270 e. The van der Waals surface area contributed by atoms with E-state index in [0.29, 0.717) is 11.3 Å². The lowest BCUT2D eigenvalue weighted by molar-refractivity contribution is -0.118. The Hall–Kier alpha value is -1.39. The minimum absolute atomic E-state index is 0.0818. The third-order valence-electron chi connectivity index (χ3n) is 1.86. The summed E-state index contributed by atoms with van der Waals surface area (Å²) in [7, 11) is -3.90. The van der Waals surface area contributed by atoms with Crippen molar-refractivity contribution in [2.24, 2.45) is 0 Å². The van der Waals surface area contributed by atoms with Gasteiger partial charge in [0, 0.05) is 6.92 Å². The molecule has 1 aromatic heterocycles. The van der Waals surface area contributed by atoms with E-state index in [0.717, 1.165) is 0 Å². The Bertz CT molecular complexity index is 565. The molecule has 0 spiro atoms. The molecule has 0 saturated carbocycles. The Balaban J connectivity index is 2.89. The average molecular weight is 292 g/mol. The quantitative estimate of drug-likeness (QED) is 0.723. The number of nitrogens with zero attached hydrogens (tertiary/aromatic N) is 2. The van der Waals surface area contributed by atoms with Crippen molar-refractivity contribution in [1.29, 1.82) is 0 Å². The van der Waals surface area contributed by atoms with E-state index in [4.69, 9.17) is 0 Å². The molecule has 0 aromatic carbocycles. The average Bonchev–Trinajstić information content (AvgIpc) is 2.64. The van der Waals surface area contributed by atoms with Gasteiger partial charge in [0.15, 0.2) is 0 Å². The Morgan fingerprint density at radius 2 is 1.89 bits per heavy atom. The molecule has 1 aromatic rings. The predicted molar refractivity (Wildman–Crippen MR) is 64.7 cm³/mol. The zero-order valence-electron chi connectivity index (χ0n) is 9.92. The topological polar surface area (TPSA) is 118 Å². The van der Waals surface area contributed by atoms with Crippen LogP contribution < -0.4 is 10.0 Å². The second-order valence-corrected chi connectivity index (χ2v) is 6.37. The molecule has 1 unspecified atom stereocenters. The van der Waals surface area contributed by atoms with Crippen molar-refractivity contribution < 1.29 is 18.0 Å². The molecule has 1 rings (SSSR count). The Morgan fingerprint density at radius 1 is 1.28 bits per heavy atom. The van der Waals surface area contributed by atoms with Gasteiger partial charge in [0.05, 0.1) is 6.04 Å². The minimum Gasteiger partial charge on any atom is -0.301 e. The zero-order valence-corrected chi connectivity index (χ0v) is 11.6. The first kappa shape index (κ1) is 14.7. The van der Waals surface area contributed by atoms with Crippen LogP contribution in [0, 0.1) is 0 Å². The van der Waals surface area contributed by atoms with Gasteiger partial charge in [0.25, 0.3) is 10.0 Å². The number of carbonyl (C=O) groups excluding carboxylic acids is 2. The number of ketones is 1. The van der Waals surface area contributed by atoms with Crippen LogP contribution in [0.3, 0.4) is 0 Å². The van der Waals surface area contributed by atoms with Crippen molar-refractivity contribution in [3.05, 3.63) is 0 Å². The smallest absolute Gasteiger partial charge is 0.270 e. The molecule has 10 heteroatoms. The van der Waals surface area contributed by atoms with E-state index < -0.39 is 16.1 Å². The molecule has 100 valence electrons. The van der Waals surface area contributed by atoms with Crippen LogP contribution in [0.5, 0.6) is 0 Å². The molecule has 8 nitrogen and oxygen atoms in total.